The fourth-order valence-electron chi connectivity index (χ4n) is 3.60. The van der Waals surface area contributed by atoms with Crippen LogP contribution in [0, 0.1) is 5.41 Å². The van der Waals surface area contributed by atoms with E-state index in [2.05, 4.69) is 49.1 Å². The molecule has 1 heterocycles. The topological polar surface area (TPSA) is 23.5 Å². The van der Waals surface area contributed by atoms with Crippen LogP contribution in [-0.2, 0) is 0 Å². The van der Waals surface area contributed by atoms with E-state index in [0.29, 0.717) is 11.3 Å². The van der Waals surface area contributed by atoms with Gasteiger partial charge in [0.05, 0.1) is 5.60 Å². The minimum atomic E-state index is -0.433. The molecule has 2 nitrogen and oxygen atoms in total. The highest BCUT2D eigenvalue weighted by atomic mass is 16.3. The Morgan fingerprint density at radius 1 is 1.05 bits per heavy atom. The van der Waals surface area contributed by atoms with Gasteiger partial charge in [-0.25, -0.2) is 0 Å². The molecule has 0 aromatic heterocycles. The zero-order valence-electron chi connectivity index (χ0n) is 12.8. The Hall–Kier alpha value is -0.860. The van der Waals surface area contributed by atoms with Crippen molar-refractivity contribution in [3.8, 4) is 0 Å². The largest absolute Gasteiger partial charge is 0.389 e. The molecule has 2 heteroatoms. The minimum Gasteiger partial charge on any atom is -0.389 e. The van der Waals surface area contributed by atoms with Crippen LogP contribution >= 0.6 is 0 Å². The average Bonchev–Trinajstić information content (AvgIpc) is 2.39. The highest BCUT2D eigenvalue weighted by Crippen LogP contribution is 2.41. The zero-order valence-corrected chi connectivity index (χ0v) is 12.8. The van der Waals surface area contributed by atoms with Crippen LogP contribution in [0.2, 0.25) is 0 Å². The van der Waals surface area contributed by atoms with Gasteiger partial charge < -0.3 is 5.11 Å². The summed E-state index contributed by atoms with van der Waals surface area (Å²) in [5, 5.41) is 10.8. The van der Waals surface area contributed by atoms with Gasteiger partial charge in [-0.15, -0.1) is 0 Å². The van der Waals surface area contributed by atoms with Crippen molar-refractivity contribution < 1.29 is 5.11 Å². The first-order chi connectivity index (χ1) is 9.46. The van der Waals surface area contributed by atoms with E-state index in [1.54, 1.807) is 0 Å². The molecule has 0 bridgehead atoms. The molecule has 2 fully saturated rings. The molecule has 110 valence electrons. The lowest BCUT2D eigenvalue weighted by atomic mass is 9.70. The number of benzene rings is 1. The first kappa shape index (κ1) is 14.1. The van der Waals surface area contributed by atoms with Crippen molar-refractivity contribution in [1.82, 2.24) is 4.90 Å². The van der Waals surface area contributed by atoms with Crippen LogP contribution in [0.4, 0.5) is 0 Å². The van der Waals surface area contributed by atoms with Crippen LogP contribution in [0.15, 0.2) is 30.3 Å². The van der Waals surface area contributed by atoms with Crippen molar-refractivity contribution in [3.63, 3.8) is 0 Å². The standard InChI is InChI=1S/C18H27NO/c1-17(2)8-10-18(20,11-9-17)14-19-12-16(13-19)15-6-4-3-5-7-15/h3-7,16,20H,8-14H2,1-2H3. The number of hydrogen-bond donors (Lipinski definition) is 1. The molecule has 0 unspecified atom stereocenters. The summed E-state index contributed by atoms with van der Waals surface area (Å²) in [5.41, 5.74) is 1.44. The summed E-state index contributed by atoms with van der Waals surface area (Å²) in [6.45, 7) is 7.72. The molecule has 20 heavy (non-hydrogen) atoms. The molecule has 0 amide bonds. The molecule has 1 aromatic carbocycles. The van der Waals surface area contributed by atoms with E-state index in [9.17, 15) is 5.11 Å². The average molecular weight is 273 g/mol. The summed E-state index contributed by atoms with van der Waals surface area (Å²) < 4.78 is 0. The van der Waals surface area contributed by atoms with Crippen LogP contribution < -0.4 is 0 Å². The number of nitrogens with zero attached hydrogens (tertiary/aromatic N) is 1. The molecular weight excluding hydrogens is 246 g/mol. The van der Waals surface area contributed by atoms with Crippen molar-refractivity contribution in [2.75, 3.05) is 19.6 Å². The van der Waals surface area contributed by atoms with Crippen LogP contribution in [0.1, 0.15) is 51.0 Å². The monoisotopic (exact) mass is 273 g/mol. The van der Waals surface area contributed by atoms with Crippen molar-refractivity contribution >= 4 is 0 Å². The third-order valence-electron chi connectivity index (χ3n) is 5.28. The van der Waals surface area contributed by atoms with Gasteiger partial charge in [-0.2, -0.15) is 0 Å². The predicted octanol–water partition coefficient (Wildman–Crippen LogP) is 3.42. The van der Waals surface area contributed by atoms with Crippen LogP contribution in [0.25, 0.3) is 0 Å². The van der Waals surface area contributed by atoms with E-state index < -0.39 is 5.60 Å². The summed E-state index contributed by atoms with van der Waals surface area (Å²) in [5.74, 6) is 0.667. The number of β-amino-alcohol motifs (C(OH)–C–C–N with tert-alkyl or cyclic N) is 1. The summed E-state index contributed by atoms with van der Waals surface area (Å²) in [6.07, 6.45) is 4.23. The lowest BCUT2D eigenvalue weighted by molar-refractivity contribution is -0.0636. The first-order valence-electron chi connectivity index (χ1n) is 7.96. The molecule has 0 spiro atoms. The van der Waals surface area contributed by atoms with E-state index in [0.717, 1.165) is 45.3 Å². The second kappa shape index (κ2) is 5.16. The van der Waals surface area contributed by atoms with Gasteiger partial charge in [0, 0.05) is 25.6 Å². The van der Waals surface area contributed by atoms with Gasteiger partial charge >= 0.3 is 0 Å². The quantitative estimate of drug-likeness (QED) is 0.912. The van der Waals surface area contributed by atoms with Crippen molar-refractivity contribution in [1.29, 1.82) is 0 Å². The van der Waals surface area contributed by atoms with Gasteiger partial charge in [-0.3, -0.25) is 4.90 Å². The van der Waals surface area contributed by atoms with Crippen LogP contribution in [0.5, 0.6) is 0 Å². The zero-order chi connectivity index (χ0) is 14.2. The normalized spacial score (nSPS) is 26.1. The van der Waals surface area contributed by atoms with E-state index in [1.807, 2.05) is 0 Å². The minimum absolute atomic E-state index is 0.424. The highest BCUT2D eigenvalue weighted by Gasteiger charge is 2.40. The molecular formula is C18H27NO. The van der Waals surface area contributed by atoms with E-state index in [4.69, 9.17) is 0 Å². The van der Waals surface area contributed by atoms with E-state index in [1.165, 1.54) is 5.56 Å². The van der Waals surface area contributed by atoms with Gasteiger partial charge in [0.1, 0.15) is 0 Å². The summed E-state index contributed by atoms with van der Waals surface area (Å²) in [4.78, 5) is 2.43. The molecule has 1 N–H and O–H groups in total. The van der Waals surface area contributed by atoms with Crippen molar-refractivity contribution in [3.05, 3.63) is 35.9 Å². The van der Waals surface area contributed by atoms with Gasteiger partial charge in [0.15, 0.2) is 0 Å². The summed E-state index contributed by atoms with van der Waals surface area (Å²) in [6, 6.07) is 10.8. The summed E-state index contributed by atoms with van der Waals surface area (Å²) in [7, 11) is 0. The molecule has 2 aliphatic rings. The molecule has 0 radical (unpaired) electrons. The predicted molar refractivity (Wildman–Crippen MR) is 82.8 cm³/mol. The van der Waals surface area contributed by atoms with Crippen LogP contribution in [-0.4, -0.2) is 35.2 Å². The lowest BCUT2D eigenvalue weighted by Gasteiger charge is -2.47. The second-order valence-electron chi connectivity index (χ2n) is 7.69. The van der Waals surface area contributed by atoms with Crippen LogP contribution in [0.3, 0.4) is 0 Å². The van der Waals surface area contributed by atoms with Gasteiger partial charge in [0.25, 0.3) is 0 Å². The fourth-order valence-corrected chi connectivity index (χ4v) is 3.60. The third kappa shape index (κ3) is 3.07. The maximum absolute atomic E-state index is 10.8. The maximum Gasteiger partial charge on any atom is 0.0774 e. The molecule has 1 aromatic rings. The Kier molecular flexibility index (Phi) is 3.64. The Morgan fingerprint density at radius 2 is 1.65 bits per heavy atom. The summed E-state index contributed by atoms with van der Waals surface area (Å²) >= 11 is 0. The molecule has 1 aliphatic carbocycles. The Bertz CT molecular complexity index is 438. The smallest absolute Gasteiger partial charge is 0.0774 e. The van der Waals surface area contributed by atoms with E-state index in [-0.39, 0.29) is 0 Å². The van der Waals surface area contributed by atoms with Gasteiger partial charge in [-0.1, -0.05) is 44.2 Å². The van der Waals surface area contributed by atoms with Gasteiger partial charge in [0.2, 0.25) is 0 Å². The molecule has 1 saturated carbocycles. The number of likely N-dealkylation sites (tertiary alicyclic amines) is 1. The Balaban J connectivity index is 1.49. The molecule has 0 atom stereocenters. The highest BCUT2D eigenvalue weighted by molar-refractivity contribution is 5.22. The number of aliphatic hydroxyl groups is 1. The number of rotatable bonds is 3. The number of hydrogen-bond acceptors (Lipinski definition) is 2. The van der Waals surface area contributed by atoms with Crippen molar-refractivity contribution in [2.45, 2.75) is 51.0 Å². The maximum atomic E-state index is 10.8. The fraction of sp³-hybridized carbons (Fsp3) is 0.667. The SMILES string of the molecule is CC1(C)CCC(O)(CN2CC(c3ccccc3)C2)CC1. The second-order valence-corrected chi connectivity index (χ2v) is 7.69. The Labute approximate surface area is 122 Å². The van der Waals surface area contributed by atoms with E-state index >= 15 is 0 Å². The Morgan fingerprint density at radius 3 is 2.25 bits per heavy atom. The third-order valence-corrected chi connectivity index (χ3v) is 5.28. The molecule has 1 saturated heterocycles. The van der Waals surface area contributed by atoms with Gasteiger partial charge in [-0.05, 0) is 36.7 Å². The van der Waals surface area contributed by atoms with Crippen molar-refractivity contribution in [2.24, 2.45) is 5.41 Å². The molecule has 3 rings (SSSR count). The lowest BCUT2D eigenvalue weighted by Crippen LogP contribution is -2.54. The molecule has 1 aliphatic heterocycles. The first-order valence-corrected chi connectivity index (χ1v) is 7.96.